The van der Waals surface area contributed by atoms with Gasteiger partial charge in [-0.25, -0.2) is 0 Å². The van der Waals surface area contributed by atoms with Crippen LogP contribution in [0.1, 0.15) is 32.6 Å². The van der Waals surface area contributed by atoms with Crippen LogP contribution < -0.4 is 0 Å². The van der Waals surface area contributed by atoms with E-state index in [4.69, 9.17) is 11.6 Å². The SMILES string of the molecule is Cc1cc(C)c(C(=O)CSc2nnc(-c3ccc(Cl)cc3)n2-c2ccccc2C)cc1C. The fourth-order valence-corrected chi connectivity index (χ4v) is 4.60. The molecule has 0 spiro atoms. The number of hydrogen-bond acceptors (Lipinski definition) is 4. The van der Waals surface area contributed by atoms with Crippen molar-refractivity contribution >= 4 is 29.1 Å². The molecule has 32 heavy (non-hydrogen) atoms. The number of rotatable bonds is 6. The van der Waals surface area contributed by atoms with Crippen LogP contribution in [0.2, 0.25) is 5.02 Å². The maximum Gasteiger partial charge on any atom is 0.196 e. The molecule has 0 amide bonds. The predicted molar refractivity (Wildman–Crippen MR) is 132 cm³/mol. The average Bonchev–Trinajstić information content (AvgIpc) is 3.19. The Balaban J connectivity index is 1.70. The molecule has 4 nitrogen and oxygen atoms in total. The minimum atomic E-state index is 0.0861. The summed E-state index contributed by atoms with van der Waals surface area (Å²) in [6.45, 7) is 8.14. The zero-order valence-corrected chi connectivity index (χ0v) is 20.1. The van der Waals surface area contributed by atoms with Gasteiger partial charge in [-0.2, -0.15) is 0 Å². The highest BCUT2D eigenvalue weighted by Gasteiger charge is 2.19. The number of halogens is 1. The van der Waals surface area contributed by atoms with Gasteiger partial charge in [0.2, 0.25) is 0 Å². The lowest BCUT2D eigenvalue weighted by Crippen LogP contribution is -2.08. The van der Waals surface area contributed by atoms with Crippen LogP contribution >= 0.6 is 23.4 Å². The fraction of sp³-hybridized carbons (Fsp3) is 0.192. The monoisotopic (exact) mass is 461 g/mol. The highest BCUT2D eigenvalue weighted by Crippen LogP contribution is 2.30. The van der Waals surface area contributed by atoms with Gasteiger partial charge in [-0.15, -0.1) is 10.2 Å². The minimum absolute atomic E-state index is 0.0861. The first kappa shape index (κ1) is 22.3. The number of thioether (sulfide) groups is 1. The van der Waals surface area contributed by atoms with Crippen LogP contribution in [0.5, 0.6) is 0 Å². The molecule has 162 valence electrons. The van der Waals surface area contributed by atoms with Crippen molar-refractivity contribution in [2.75, 3.05) is 5.75 Å². The Bertz CT molecular complexity index is 1300. The Hall–Kier alpha value is -2.89. The number of nitrogens with zero attached hydrogens (tertiary/aromatic N) is 3. The summed E-state index contributed by atoms with van der Waals surface area (Å²) in [5.74, 6) is 1.09. The van der Waals surface area contributed by atoms with Crippen LogP contribution in [0.4, 0.5) is 0 Å². The standard InChI is InChI=1S/C26H24ClN3OS/c1-16-7-5-6-8-23(16)30-25(20-9-11-21(27)12-10-20)28-29-26(30)32-15-24(31)22-14-18(3)17(2)13-19(22)4/h5-14H,15H2,1-4H3. The summed E-state index contributed by atoms with van der Waals surface area (Å²) in [5.41, 5.74) is 7.07. The number of ketones is 1. The number of benzene rings is 3. The Morgan fingerprint density at radius 3 is 2.28 bits per heavy atom. The molecule has 0 aliphatic rings. The topological polar surface area (TPSA) is 47.8 Å². The van der Waals surface area contributed by atoms with Gasteiger partial charge >= 0.3 is 0 Å². The first-order valence-electron chi connectivity index (χ1n) is 10.4. The van der Waals surface area contributed by atoms with Gasteiger partial charge in [0.25, 0.3) is 0 Å². The molecule has 1 heterocycles. The van der Waals surface area contributed by atoms with Crippen molar-refractivity contribution in [1.82, 2.24) is 14.8 Å². The molecule has 0 atom stereocenters. The van der Waals surface area contributed by atoms with Crippen molar-refractivity contribution in [3.05, 3.63) is 93.5 Å². The highest BCUT2D eigenvalue weighted by molar-refractivity contribution is 7.99. The third kappa shape index (κ3) is 4.50. The van der Waals surface area contributed by atoms with Gasteiger partial charge < -0.3 is 0 Å². The van der Waals surface area contributed by atoms with Crippen molar-refractivity contribution in [2.45, 2.75) is 32.9 Å². The molecule has 0 fully saturated rings. The van der Waals surface area contributed by atoms with E-state index >= 15 is 0 Å². The zero-order valence-electron chi connectivity index (χ0n) is 18.5. The fourth-order valence-electron chi connectivity index (χ4n) is 3.65. The predicted octanol–water partition coefficient (Wildman–Crippen LogP) is 6.80. The zero-order chi connectivity index (χ0) is 22.8. The molecule has 4 rings (SSSR count). The van der Waals surface area contributed by atoms with Gasteiger partial charge in [0, 0.05) is 16.1 Å². The molecule has 0 radical (unpaired) electrons. The van der Waals surface area contributed by atoms with Gasteiger partial charge in [-0.3, -0.25) is 9.36 Å². The summed E-state index contributed by atoms with van der Waals surface area (Å²) in [6.07, 6.45) is 0. The van der Waals surface area contributed by atoms with E-state index in [9.17, 15) is 4.79 Å². The lowest BCUT2D eigenvalue weighted by atomic mass is 9.99. The molecule has 6 heteroatoms. The smallest absolute Gasteiger partial charge is 0.196 e. The maximum atomic E-state index is 13.0. The normalized spacial score (nSPS) is 11.0. The van der Waals surface area contributed by atoms with E-state index in [0.29, 0.717) is 16.0 Å². The van der Waals surface area contributed by atoms with E-state index in [1.807, 2.05) is 66.9 Å². The molecule has 0 saturated heterocycles. The summed E-state index contributed by atoms with van der Waals surface area (Å²) in [7, 11) is 0. The Morgan fingerprint density at radius 1 is 0.875 bits per heavy atom. The first-order chi connectivity index (χ1) is 15.3. The molecule has 0 aliphatic carbocycles. The van der Waals surface area contributed by atoms with Gasteiger partial charge in [-0.1, -0.05) is 47.6 Å². The molecule has 0 aliphatic heterocycles. The van der Waals surface area contributed by atoms with Crippen molar-refractivity contribution < 1.29 is 4.79 Å². The summed E-state index contributed by atoms with van der Waals surface area (Å²) >= 11 is 7.48. The number of aryl methyl sites for hydroxylation is 4. The highest BCUT2D eigenvalue weighted by atomic mass is 35.5. The molecule has 0 N–H and O–H groups in total. The lowest BCUT2D eigenvalue weighted by molar-refractivity contribution is 0.102. The number of aromatic nitrogens is 3. The van der Waals surface area contributed by atoms with Gasteiger partial charge in [0.05, 0.1) is 11.4 Å². The molecular formula is C26H24ClN3OS. The number of para-hydroxylation sites is 1. The largest absolute Gasteiger partial charge is 0.293 e. The van der Waals surface area contributed by atoms with Crippen molar-refractivity contribution in [3.63, 3.8) is 0 Å². The second-order valence-corrected chi connectivity index (χ2v) is 9.28. The van der Waals surface area contributed by atoms with E-state index < -0.39 is 0 Å². The van der Waals surface area contributed by atoms with Crippen LogP contribution in [-0.4, -0.2) is 26.3 Å². The summed E-state index contributed by atoms with van der Waals surface area (Å²) < 4.78 is 2.02. The van der Waals surface area contributed by atoms with Crippen molar-refractivity contribution in [1.29, 1.82) is 0 Å². The van der Waals surface area contributed by atoms with Crippen LogP contribution in [0.3, 0.4) is 0 Å². The third-order valence-corrected chi connectivity index (χ3v) is 6.75. The van der Waals surface area contributed by atoms with E-state index in [1.54, 1.807) is 0 Å². The molecule has 1 aromatic heterocycles. The Labute approximate surface area is 197 Å². The quantitative estimate of drug-likeness (QED) is 0.234. The van der Waals surface area contributed by atoms with E-state index in [0.717, 1.165) is 33.5 Å². The Kier molecular flexibility index (Phi) is 6.49. The molecule has 0 bridgehead atoms. The maximum absolute atomic E-state index is 13.0. The summed E-state index contributed by atoms with van der Waals surface area (Å²) in [6, 6.07) is 19.7. The van der Waals surface area contributed by atoms with E-state index in [-0.39, 0.29) is 11.5 Å². The summed E-state index contributed by atoms with van der Waals surface area (Å²) in [4.78, 5) is 13.0. The third-order valence-electron chi connectivity index (χ3n) is 5.57. The van der Waals surface area contributed by atoms with Crippen molar-refractivity contribution in [3.8, 4) is 17.1 Å². The van der Waals surface area contributed by atoms with Gasteiger partial charge in [-0.05, 0) is 86.3 Å². The number of carbonyl (C=O) groups is 1. The second-order valence-electron chi connectivity index (χ2n) is 7.90. The van der Waals surface area contributed by atoms with E-state index in [1.165, 1.54) is 17.3 Å². The Morgan fingerprint density at radius 2 is 1.56 bits per heavy atom. The average molecular weight is 462 g/mol. The van der Waals surface area contributed by atoms with Crippen LogP contribution in [-0.2, 0) is 0 Å². The van der Waals surface area contributed by atoms with Crippen LogP contribution in [0.25, 0.3) is 17.1 Å². The van der Waals surface area contributed by atoms with E-state index in [2.05, 4.69) is 36.2 Å². The molecule has 4 aromatic rings. The van der Waals surface area contributed by atoms with Crippen LogP contribution in [0.15, 0.2) is 65.8 Å². The lowest BCUT2D eigenvalue weighted by Gasteiger charge is -2.13. The molecule has 0 unspecified atom stereocenters. The van der Waals surface area contributed by atoms with Gasteiger partial charge in [0.15, 0.2) is 16.8 Å². The molecule has 0 saturated carbocycles. The minimum Gasteiger partial charge on any atom is -0.293 e. The number of Topliss-reactive ketones (excluding diaryl/α,β-unsaturated/α-hetero) is 1. The second kappa shape index (κ2) is 9.31. The summed E-state index contributed by atoms with van der Waals surface area (Å²) in [5, 5.41) is 10.3. The van der Waals surface area contributed by atoms with Crippen molar-refractivity contribution in [2.24, 2.45) is 0 Å². The molecule has 3 aromatic carbocycles. The van der Waals surface area contributed by atoms with Crippen LogP contribution in [0, 0.1) is 27.7 Å². The van der Waals surface area contributed by atoms with Gasteiger partial charge in [0.1, 0.15) is 0 Å². The number of carbonyl (C=O) groups excluding carboxylic acids is 1. The number of hydrogen-bond donors (Lipinski definition) is 0. The molecular weight excluding hydrogens is 438 g/mol. The first-order valence-corrected chi connectivity index (χ1v) is 11.7.